The van der Waals surface area contributed by atoms with Gasteiger partial charge in [-0.05, 0) is 18.2 Å². The van der Waals surface area contributed by atoms with Crippen LogP contribution in [0.5, 0.6) is 0 Å². The maximum Gasteiger partial charge on any atom is 0.269 e. The molecule has 21 heavy (non-hydrogen) atoms. The molecule has 2 aromatic rings. The summed E-state index contributed by atoms with van der Waals surface area (Å²) in [7, 11) is 1.91. The number of non-ortho nitro benzene ring substituents is 1. The quantitative estimate of drug-likeness (QED) is 0.655. The van der Waals surface area contributed by atoms with Crippen LogP contribution in [0, 0.1) is 10.1 Å². The van der Waals surface area contributed by atoms with E-state index in [0.29, 0.717) is 18.7 Å². The molecular weight excluding hydrogens is 268 g/mol. The summed E-state index contributed by atoms with van der Waals surface area (Å²) >= 11 is 0. The van der Waals surface area contributed by atoms with E-state index in [1.54, 1.807) is 12.1 Å². The first-order valence-electron chi connectivity index (χ1n) is 6.71. The third kappa shape index (κ3) is 4.37. The van der Waals surface area contributed by atoms with Gasteiger partial charge >= 0.3 is 0 Å². The van der Waals surface area contributed by atoms with Crippen LogP contribution in [0.2, 0.25) is 0 Å². The van der Waals surface area contributed by atoms with Gasteiger partial charge in [0, 0.05) is 25.2 Å². The number of benzene rings is 2. The van der Waals surface area contributed by atoms with Crippen LogP contribution in [-0.4, -0.2) is 28.5 Å². The predicted octanol–water partition coefficient (Wildman–Crippen LogP) is 2.76. The van der Waals surface area contributed by atoms with E-state index in [1.165, 1.54) is 12.1 Å². The monoisotopic (exact) mass is 286 g/mol. The Labute approximate surface area is 123 Å². The smallest absolute Gasteiger partial charge is 0.269 e. The molecule has 0 aliphatic carbocycles. The summed E-state index contributed by atoms with van der Waals surface area (Å²) < 4.78 is 0. The van der Waals surface area contributed by atoms with Crippen molar-refractivity contribution in [3.8, 4) is 0 Å². The van der Waals surface area contributed by atoms with Crippen molar-refractivity contribution in [3.63, 3.8) is 0 Å². The van der Waals surface area contributed by atoms with Gasteiger partial charge in [0.15, 0.2) is 0 Å². The SMILES string of the molecule is CN(Cc1ccccc1)C[C@@H](O)c1cccc([N+](=O)[O-])c1. The van der Waals surface area contributed by atoms with Crippen LogP contribution in [0.3, 0.4) is 0 Å². The van der Waals surface area contributed by atoms with E-state index in [9.17, 15) is 15.2 Å². The summed E-state index contributed by atoms with van der Waals surface area (Å²) in [5.41, 5.74) is 1.72. The maximum absolute atomic E-state index is 10.8. The molecular formula is C16H18N2O3. The summed E-state index contributed by atoms with van der Waals surface area (Å²) in [4.78, 5) is 12.3. The standard InChI is InChI=1S/C16H18N2O3/c1-17(11-13-6-3-2-4-7-13)12-16(19)14-8-5-9-15(10-14)18(20)21/h2-10,16,19H,11-12H2,1H3/t16-/m1/s1. The topological polar surface area (TPSA) is 66.6 Å². The van der Waals surface area contributed by atoms with Gasteiger partial charge < -0.3 is 5.11 Å². The zero-order valence-electron chi connectivity index (χ0n) is 11.8. The Balaban J connectivity index is 1.99. The number of aliphatic hydroxyl groups is 1. The third-order valence-electron chi connectivity index (χ3n) is 3.25. The van der Waals surface area contributed by atoms with Gasteiger partial charge in [0.1, 0.15) is 0 Å². The lowest BCUT2D eigenvalue weighted by atomic mass is 10.1. The van der Waals surface area contributed by atoms with Crippen LogP contribution in [0.4, 0.5) is 5.69 Å². The summed E-state index contributed by atoms with van der Waals surface area (Å²) in [6.45, 7) is 1.13. The summed E-state index contributed by atoms with van der Waals surface area (Å²) in [6, 6.07) is 16.1. The zero-order chi connectivity index (χ0) is 15.2. The molecule has 0 saturated heterocycles. The maximum atomic E-state index is 10.8. The number of aliphatic hydroxyl groups excluding tert-OH is 1. The first kappa shape index (κ1) is 15.2. The Morgan fingerprint density at radius 3 is 2.57 bits per heavy atom. The van der Waals surface area contributed by atoms with Crippen molar-refractivity contribution in [3.05, 3.63) is 75.8 Å². The molecule has 0 heterocycles. The van der Waals surface area contributed by atoms with Gasteiger partial charge in [0.05, 0.1) is 11.0 Å². The van der Waals surface area contributed by atoms with Gasteiger partial charge in [-0.15, -0.1) is 0 Å². The Morgan fingerprint density at radius 2 is 1.90 bits per heavy atom. The lowest BCUT2D eigenvalue weighted by molar-refractivity contribution is -0.385. The van der Waals surface area contributed by atoms with Gasteiger partial charge in [-0.25, -0.2) is 0 Å². The first-order valence-corrected chi connectivity index (χ1v) is 6.71. The minimum Gasteiger partial charge on any atom is -0.387 e. The van der Waals surface area contributed by atoms with Gasteiger partial charge in [-0.2, -0.15) is 0 Å². The zero-order valence-corrected chi connectivity index (χ0v) is 11.8. The van der Waals surface area contributed by atoms with Crippen LogP contribution in [-0.2, 0) is 6.54 Å². The Hall–Kier alpha value is -2.24. The molecule has 0 fully saturated rings. The minimum atomic E-state index is -0.751. The molecule has 0 spiro atoms. The number of nitro benzene ring substituents is 1. The summed E-state index contributed by atoms with van der Waals surface area (Å²) in [6.07, 6.45) is -0.751. The first-order chi connectivity index (χ1) is 10.1. The average molecular weight is 286 g/mol. The molecule has 0 amide bonds. The number of nitro groups is 1. The highest BCUT2D eigenvalue weighted by atomic mass is 16.6. The van der Waals surface area contributed by atoms with Crippen LogP contribution in [0.25, 0.3) is 0 Å². The minimum absolute atomic E-state index is 0.00253. The lowest BCUT2D eigenvalue weighted by Crippen LogP contribution is -2.24. The van der Waals surface area contributed by atoms with E-state index in [2.05, 4.69) is 0 Å². The van der Waals surface area contributed by atoms with E-state index >= 15 is 0 Å². The molecule has 0 aliphatic heterocycles. The fourth-order valence-corrected chi connectivity index (χ4v) is 2.21. The summed E-state index contributed by atoms with van der Waals surface area (Å²) in [5.74, 6) is 0. The van der Waals surface area contributed by atoms with E-state index in [0.717, 1.165) is 5.56 Å². The van der Waals surface area contributed by atoms with Gasteiger partial charge in [-0.1, -0.05) is 42.5 Å². The van der Waals surface area contributed by atoms with Crippen molar-refractivity contribution >= 4 is 5.69 Å². The fourth-order valence-electron chi connectivity index (χ4n) is 2.21. The van der Waals surface area contributed by atoms with Crippen molar-refractivity contribution in [1.29, 1.82) is 0 Å². The number of rotatable bonds is 6. The molecule has 2 rings (SSSR count). The van der Waals surface area contributed by atoms with Crippen molar-refractivity contribution in [2.45, 2.75) is 12.6 Å². The molecule has 110 valence electrons. The van der Waals surface area contributed by atoms with Gasteiger partial charge in [-0.3, -0.25) is 15.0 Å². The average Bonchev–Trinajstić information content (AvgIpc) is 2.48. The highest BCUT2D eigenvalue weighted by Gasteiger charge is 2.14. The number of hydrogen-bond acceptors (Lipinski definition) is 4. The molecule has 1 atom stereocenters. The Kier molecular flexibility index (Phi) is 5.03. The second-order valence-corrected chi connectivity index (χ2v) is 5.05. The molecule has 0 radical (unpaired) electrons. The molecule has 0 bridgehead atoms. The Morgan fingerprint density at radius 1 is 1.19 bits per heavy atom. The lowest BCUT2D eigenvalue weighted by Gasteiger charge is -2.20. The molecule has 2 aromatic carbocycles. The molecule has 1 N–H and O–H groups in total. The van der Waals surface area contributed by atoms with E-state index < -0.39 is 11.0 Å². The van der Waals surface area contributed by atoms with Crippen LogP contribution < -0.4 is 0 Å². The van der Waals surface area contributed by atoms with E-state index in [4.69, 9.17) is 0 Å². The predicted molar refractivity (Wildman–Crippen MR) is 80.8 cm³/mol. The number of hydrogen-bond donors (Lipinski definition) is 1. The molecule has 5 heteroatoms. The van der Waals surface area contributed by atoms with Crippen molar-refractivity contribution in [2.24, 2.45) is 0 Å². The largest absolute Gasteiger partial charge is 0.387 e. The van der Waals surface area contributed by atoms with Crippen molar-refractivity contribution < 1.29 is 10.0 Å². The van der Waals surface area contributed by atoms with Gasteiger partial charge in [0.2, 0.25) is 0 Å². The molecule has 0 aliphatic rings. The Bertz CT molecular complexity index is 601. The van der Waals surface area contributed by atoms with Crippen molar-refractivity contribution in [1.82, 2.24) is 4.90 Å². The second-order valence-electron chi connectivity index (χ2n) is 5.05. The molecule has 0 aromatic heterocycles. The number of nitrogens with zero attached hydrogens (tertiary/aromatic N) is 2. The fraction of sp³-hybridized carbons (Fsp3) is 0.250. The molecule has 0 unspecified atom stereocenters. The molecule has 0 saturated carbocycles. The number of likely N-dealkylation sites (N-methyl/N-ethyl adjacent to an activating group) is 1. The third-order valence-corrected chi connectivity index (χ3v) is 3.25. The highest BCUT2D eigenvalue weighted by molar-refractivity contribution is 5.35. The normalized spacial score (nSPS) is 12.3. The van der Waals surface area contributed by atoms with Crippen LogP contribution in [0.1, 0.15) is 17.2 Å². The van der Waals surface area contributed by atoms with E-state index in [1.807, 2.05) is 42.3 Å². The van der Waals surface area contributed by atoms with Crippen molar-refractivity contribution in [2.75, 3.05) is 13.6 Å². The second kappa shape index (κ2) is 6.97. The van der Waals surface area contributed by atoms with Crippen LogP contribution >= 0.6 is 0 Å². The van der Waals surface area contributed by atoms with Crippen LogP contribution in [0.15, 0.2) is 54.6 Å². The molecule has 5 nitrogen and oxygen atoms in total. The highest BCUT2D eigenvalue weighted by Crippen LogP contribution is 2.20. The van der Waals surface area contributed by atoms with Gasteiger partial charge in [0.25, 0.3) is 5.69 Å². The van der Waals surface area contributed by atoms with E-state index in [-0.39, 0.29) is 5.69 Å². The summed E-state index contributed by atoms with van der Waals surface area (Å²) in [5, 5.41) is 21.0.